The monoisotopic (exact) mass is 541 g/mol. The van der Waals surface area contributed by atoms with Gasteiger partial charge in [-0.3, -0.25) is 19.2 Å². The quantitative estimate of drug-likeness (QED) is 0.444. The van der Waals surface area contributed by atoms with Crippen LogP contribution in [-0.2, 0) is 4.79 Å². The smallest absolute Gasteiger partial charge is 0.287 e. The van der Waals surface area contributed by atoms with Gasteiger partial charge in [-0.05, 0) is 32.3 Å². The molecule has 206 valence electrons. The highest BCUT2D eigenvalue weighted by molar-refractivity contribution is 6.00. The van der Waals surface area contributed by atoms with E-state index in [1.807, 2.05) is 36.0 Å². The Bertz CT molecular complexity index is 1450. The molecule has 1 saturated heterocycles. The summed E-state index contributed by atoms with van der Waals surface area (Å²) < 4.78 is 32.6. The molecule has 2 N–H and O–H groups in total. The van der Waals surface area contributed by atoms with Crippen LogP contribution in [0.15, 0.2) is 51.7 Å². The Balaban J connectivity index is 1.33. The fraction of sp³-hybridized carbons (Fsp3) is 0.333. The molecule has 3 amide bonds. The minimum atomic E-state index is -1.11. The summed E-state index contributed by atoms with van der Waals surface area (Å²) in [4.78, 5) is 55.7. The van der Waals surface area contributed by atoms with E-state index < -0.39 is 34.3 Å². The number of para-hydroxylation sites is 1. The van der Waals surface area contributed by atoms with Crippen LogP contribution in [0.25, 0.3) is 11.0 Å². The molecule has 0 saturated carbocycles. The van der Waals surface area contributed by atoms with Crippen molar-refractivity contribution in [3.8, 4) is 0 Å². The number of rotatable bonds is 8. The van der Waals surface area contributed by atoms with Crippen molar-refractivity contribution >= 4 is 34.4 Å². The minimum absolute atomic E-state index is 0.168. The third-order valence-electron chi connectivity index (χ3n) is 6.34. The van der Waals surface area contributed by atoms with Crippen molar-refractivity contribution in [1.82, 2.24) is 20.4 Å². The summed E-state index contributed by atoms with van der Waals surface area (Å²) >= 11 is 0. The summed E-state index contributed by atoms with van der Waals surface area (Å²) in [6, 6.07) is 9.49. The van der Waals surface area contributed by atoms with Crippen molar-refractivity contribution < 1.29 is 27.6 Å². The standard InChI is InChI=1S/C27H29F2N5O5/c1-32(2)8-7-30-26(37)18-5-3-4-6-21(18)33-9-11-34(12-10-33)24(36)16-31-27(38)23-15-22(35)19-13-17(28)14-20(29)25(19)39-23/h3-6,13-15H,7-12,16H2,1-2H3,(H,30,37)(H,31,38). The van der Waals surface area contributed by atoms with Crippen LogP contribution in [0.1, 0.15) is 20.9 Å². The van der Waals surface area contributed by atoms with E-state index >= 15 is 0 Å². The average Bonchev–Trinajstić information content (AvgIpc) is 2.91. The van der Waals surface area contributed by atoms with Gasteiger partial charge in [-0.15, -0.1) is 0 Å². The van der Waals surface area contributed by atoms with Gasteiger partial charge in [0.1, 0.15) is 5.82 Å². The van der Waals surface area contributed by atoms with Crippen LogP contribution in [-0.4, -0.2) is 87.4 Å². The van der Waals surface area contributed by atoms with E-state index in [9.17, 15) is 28.0 Å². The molecule has 1 aromatic heterocycles. The second-order valence-corrected chi connectivity index (χ2v) is 9.37. The van der Waals surface area contributed by atoms with Crippen LogP contribution in [0.5, 0.6) is 0 Å². The van der Waals surface area contributed by atoms with Crippen molar-refractivity contribution in [2.24, 2.45) is 0 Å². The summed E-state index contributed by atoms with van der Waals surface area (Å²) in [6.45, 7) is 2.57. The van der Waals surface area contributed by atoms with Crippen molar-refractivity contribution in [2.45, 2.75) is 0 Å². The fourth-order valence-corrected chi connectivity index (χ4v) is 4.28. The molecule has 39 heavy (non-hydrogen) atoms. The molecule has 2 heterocycles. The number of carbonyl (C=O) groups excluding carboxylic acids is 3. The molecule has 12 heteroatoms. The van der Waals surface area contributed by atoms with Crippen LogP contribution < -0.4 is 21.0 Å². The number of nitrogens with zero attached hydrogens (tertiary/aromatic N) is 3. The molecule has 4 rings (SSSR count). The number of benzene rings is 2. The number of piperazine rings is 1. The lowest BCUT2D eigenvalue weighted by atomic mass is 10.1. The van der Waals surface area contributed by atoms with Crippen LogP contribution in [0, 0.1) is 11.6 Å². The molecule has 0 unspecified atom stereocenters. The van der Waals surface area contributed by atoms with Gasteiger partial charge in [0.15, 0.2) is 22.6 Å². The summed E-state index contributed by atoms with van der Waals surface area (Å²) in [7, 11) is 3.86. The highest BCUT2D eigenvalue weighted by atomic mass is 19.1. The third-order valence-corrected chi connectivity index (χ3v) is 6.34. The van der Waals surface area contributed by atoms with E-state index in [4.69, 9.17) is 4.42 Å². The molecule has 1 fully saturated rings. The molecule has 0 radical (unpaired) electrons. The lowest BCUT2D eigenvalue weighted by Gasteiger charge is -2.37. The number of anilines is 1. The summed E-state index contributed by atoms with van der Waals surface area (Å²) in [6.07, 6.45) is 0. The fourth-order valence-electron chi connectivity index (χ4n) is 4.28. The zero-order valence-corrected chi connectivity index (χ0v) is 21.6. The second kappa shape index (κ2) is 12.0. The highest BCUT2D eigenvalue weighted by Crippen LogP contribution is 2.22. The van der Waals surface area contributed by atoms with E-state index in [-0.39, 0.29) is 23.7 Å². The summed E-state index contributed by atoms with van der Waals surface area (Å²) in [5.41, 5.74) is 0.00937. The number of carbonyl (C=O) groups is 3. The number of amides is 3. The van der Waals surface area contributed by atoms with Gasteiger partial charge in [0.05, 0.1) is 17.5 Å². The molecule has 3 aromatic rings. The maximum Gasteiger partial charge on any atom is 0.287 e. The highest BCUT2D eigenvalue weighted by Gasteiger charge is 2.25. The van der Waals surface area contributed by atoms with Gasteiger partial charge in [-0.2, -0.15) is 0 Å². The Labute approximate surface area is 223 Å². The van der Waals surface area contributed by atoms with Crippen molar-refractivity contribution in [3.05, 3.63) is 75.6 Å². The molecular formula is C27H29F2N5O5. The van der Waals surface area contributed by atoms with Crippen LogP contribution in [0.4, 0.5) is 14.5 Å². The minimum Gasteiger partial charge on any atom is -0.448 e. The molecule has 10 nitrogen and oxygen atoms in total. The second-order valence-electron chi connectivity index (χ2n) is 9.37. The number of fused-ring (bicyclic) bond motifs is 1. The topological polar surface area (TPSA) is 115 Å². The maximum atomic E-state index is 14.0. The van der Waals surface area contributed by atoms with Gasteiger partial charge in [-0.1, -0.05) is 12.1 Å². The van der Waals surface area contributed by atoms with Crippen molar-refractivity contribution in [2.75, 3.05) is 64.8 Å². The molecule has 0 aliphatic carbocycles. The zero-order valence-electron chi connectivity index (χ0n) is 21.6. The summed E-state index contributed by atoms with van der Waals surface area (Å²) in [5.74, 6) is -3.94. The van der Waals surface area contributed by atoms with Crippen LogP contribution >= 0.6 is 0 Å². The van der Waals surface area contributed by atoms with E-state index in [1.54, 1.807) is 17.0 Å². The third kappa shape index (κ3) is 6.58. The Morgan fingerprint density at radius 3 is 2.41 bits per heavy atom. The SMILES string of the molecule is CN(C)CCNC(=O)c1ccccc1N1CCN(C(=O)CNC(=O)c2cc(=O)c3cc(F)cc(F)c3o2)CC1. The van der Waals surface area contributed by atoms with Crippen LogP contribution in [0.3, 0.4) is 0 Å². The molecule has 1 aliphatic rings. The maximum absolute atomic E-state index is 14.0. The van der Waals surface area contributed by atoms with Gasteiger partial charge in [0, 0.05) is 57.1 Å². The molecular weight excluding hydrogens is 512 g/mol. The van der Waals surface area contributed by atoms with Crippen LogP contribution in [0.2, 0.25) is 0 Å². The number of halogens is 2. The first-order chi connectivity index (χ1) is 18.6. The number of hydrogen-bond acceptors (Lipinski definition) is 7. The van der Waals surface area contributed by atoms with E-state index in [0.717, 1.165) is 24.4 Å². The molecule has 0 atom stereocenters. The number of hydrogen-bond donors (Lipinski definition) is 2. The lowest BCUT2D eigenvalue weighted by molar-refractivity contribution is -0.130. The van der Waals surface area contributed by atoms with Gasteiger partial charge in [-0.25, -0.2) is 8.78 Å². The normalized spacial score (nSPS) is 13.6. The average molecular weight is 542 g/mol. The predicted octanol–water partition coefficient (Wildman–Crippen LogP) is 1.44. The Hall–Kier alpha value is -4.32. The lowest BCUT2D eigenvalue weighted by Crippen LogP contribution is -2.51. The Kier molecular flexibility index (Phi) is 8.55. The zero-order chi connectivity index (χ0) is 28.1. The van der Waals surface area contributed by atoms with Gasteiger partial charge in [0.25, 0.3) is 11.8 Å². The van der Waals surface area contributed by atoms with Crippen molar-refractivity contribution in [1.29, 1.82) is 0 Å². The first-order valence-electron chi connectivity index (χ1n) is 12.4. The Morgan fingerprint density at radius 1 is 0.974 bits per heavy atom. The van der Waals surface area contributed by atoms with E-state index in [1.165, 1.54) is 0 Å². The molecule has 0 bridgehead atoms. The predicted molar refractivity (Wildman–Crippen MR) is 141 cm³/mol. The van der Waals surface area contributed by atoms with Gasteiger partial charge < -0.3 is 29.8 Å². The van der Waals surface area contributed by atoms with E-state index in [2.05, 4.69) is 10.6 Å². The summed E-state index contributed by atoms with van der Waals surface area (Å²) in [5, 5.41) is 4.98. The largest absolute Gasteiger partial charge is 0.448 e. The first kappa shape index (κ1) is 27.7. The van der Waals surface area contributed by atoms with Gasteiger partial charge in [0.2, 0.25) is 5.91 Å². The van der Waals surface area contributed by atoms with Gasteiger partial charge >= 0.3 is 0 Å². The molecule has 1 aliphatic heterocycles. The molecule has 2 aromatic carbocycles. The Morgan fingerprint density at radius 2 is 1.69 bits per heavy atom. The number of nitrogens with one attached hydrogen (secondary N) is 2. The first-order valence-corrected chi connectivity index (χ1v) is 12.4. The van der Waals surface area contributed by atoms with E-state index in [0.29, 0.717) is 44.4 Å². The van der Waals surface area contributed by atoms with Crippen molar-refractivity contribution in [3.63, 3.8) is 0 Å². The number of likely N-dealkylation sites (N-methyl/N-ethyl adjacent to an activating group) is 1. The molecule has 0 spiro atoms.